The molecule has 0 spiro atoms. The maximum atomic E-state index is 2.58. The summed E-state index contributed by atoms with van der Waals surface area (Å²) >= 11 is 3.90. The van der Waals surface area contributed by atoms with Crippen molar-refractivity contribution < 1.29 is 0 Å². The van der Waals surface area contributed by atoms with Crippen molar-refractivity contribution >= 4 is 57.5 Å². The first kappa shape index (κ1) is 19.5. The van der Waals surface area contributed by atoms with Crippen LogP contribution in [0.5, 0.6) is 0 Å². The van der Waals surface area contributed by atoms with E-state index in [0.717, 1.165) is 0 Å². The molecule has 0 fully saturated rings. The second kappa shape index (κ2) is 7.34. The minimum atomic E-state index is 0.323. The quantitative estimate of drug-likeness (QED) is 0.273. The molecule has 3 heterocycles. The van der Waals surface area contributed by atoms with Gasteiger partial charge < -0.3 is 4.57 Å². The van der Waals surface area contributed by atoms with Crippen molar-refractivity contribution in [2.75, 3.05) is 0 Å². The summed E-state index contributed by atoms with van der Waals surface area (Å²) in [6.07, 6.45) is 4.96. The van der Waals surface area contributed by atoms with Gasteiger partial charge in [0.1, 0.15) is 0 Å². The Labute approximate surface area is 208 Å². The van der Waals surface area contributed by atoms with Crippen LogP contribution in [0.4, 0.5) is 0 Å². The predicted molar refractivity (Wildman–Crippen MR) is 146 cm³/mol. The summed E-state index contributed by atoms with van der Waals surface area (Å²) in [5.41, 5.74) is 10.2. The van der Waals surface area contributed by atoms with Gasteiger partial charge in [-0.25, -0.2) is 0 Å². The summed E-state index contributed by atoms with van der Waals surface area (Å²) in [5.74, 6) is 0. The highest BCUT2D eigenvalue weighted by Gasteiger charge is 2.38. The first-order valence-electron chi connectivity index (χ1n) is 12.2. The molecule has 4 heteroatoms. The number of nitrogens with zero attached hydrogens (tertiary/aromatic N) is 1. The van der Waals surface area contributed by atoms with Gasteiger partial charge in [-0.05, 0) is 67.0 Å². The van der Waals surface area contributed by atoms with Crippen LogP contribution in [0.25, 0.3) is 16.6 Å². The lowest BCUT2D eigenvalue weighted by atomic mass is 9.36. The van der Waals surface area contributed by atoms with E-state index in [1.165, 1.54) is 83.9 Å². The number of rotatable bonds is 1. The molecule has 1 aliphatic carbocycles. The molecule has 1 nitrogen and oxygen atoms in total. The Bertz CT molecular complexity index is 1560. The predicted octanol–water partition coefficient (Wildman–Crippen LogP) is 5.95. The molecular weight excluding hydrogens is 449 g/mol. The van der Waals surface area contributed by atoms with Crippen molar-refractivity contribution in [2.45, 2.75) is 45.3 Å². The number of para-hydroxylation sites is 1. The van der Waals surface area contributed by atoms with E-state index < -0.39 is 0 Å². The fourth-order valence-corrected chi connectivity index (χ4v) is 8.77. The topological polar surface area (TPSA) is 4.93 Å². The average Bonchev–Trinajstić information content (AvgIpc) is 3.23. The lowest BCUT2D eigenvalue weighted by Gasteiger charge is -2.33. The molecule has 34 heavy (non-hydrogen) atoms. The van der Waals surface area contributed by atoms with Crippen LogP contribution in [0, 0.1) is 0 Å². The largest absolute Gasteiger partial charge is 0.313 e. The Kier molecular flexibility index (Phi) is 4.21. The Morgan fingerprint density at radius 1 is 0.647 bits per heavy atom. The van der Waals surface area contributed by atoms with Gasteiger partial charge in [0.05, 0.1) is 5.52 Å². The van der Waals surface area contributed by atoms with Gasteiger partial charge in [-0.3, -0.25) is 0 Å². The monoisotopic (exact) mass is 471 g/mol. The normalized spacial score (nSPS) is 15.5. The third kappa shape index (κ3) is 2.67. The van der Waals surface area contributed by atoms with Gasteiger partial charge in [0, 0.05) is 36.3 Å². The van der Waals surface area contributed by atoms with Gasteiger partial charge in [0.15, 0.2) is 0 Å². The smallest absolute Gasteiger partial charge is 0.247 e. The molecule has 0 amide bonds. The van der Waals surface area contributed by atoms with E-state index in [-0.39, 0.29) is 0 Å². The zero-order valence-electron chi connectivity index (χ0n) is 18.8. The van der Waals surface area contributed by atoms with Gasteiger partial charge in [-0.15, -0.1) is 0 Å². The molecule has 0 radical (unpaired) electrons. The lowest BCUT2D eigenvalue weighted by Crippen LogP contribution is -2.58. The van der Waals surface area contributed by atoms with Crippen LogP contribution >= 0.6 is 23.5 Å². The highest BCUT2D eigenvalue weighted by atomic mass is 32.2. The summed E-state index contributed by atoms with van der Waals surface area (Å²) < 4.78 is 2.58. The second-order valence-electron chi connectivity index (χ2n) is 9.55. The fourth-order valence-electron chi connectivity index (χ4n) is 6.30. The molecule has 0 atom stereocenters. The number of benzene rings is 4. The molecule has 0 unspecified atom stereocenters. The van der Waals surface area contributed by atoms with Crippen molar-refractivity contribution in [1.29, 1.82) is 0 Å². The maximum Gasteiger partial charge on any atom is 0.247 e. The van der Waals surface area contributed by atoms with Crippen LogP contribution in [-0.2, 0) is 12.8 Å². The van der Waals surface area contributed by atoms with E-state index in [1.54, 1.807) is 5.56 Å². The fraction of sp³-hybridized carbons (Fsp3) is 0.133. The van der Waals surface area contributed by atoms with Crippen molar-refractivity contribution in [3.8, 4) is 5.69 Å². The van der Waals surface area contributed by atoms with Crippen LogP contribution < -0.4 is 16.4 Å². The van der Waals surface area contributed by atoms with Crippen molar-refractivity contribution in [2.24, 2.45) is 0 Å². The molecular formula is C30H22BNS2. The number of hydrogen-bond acceptors (Lipinski definition) is 2. The summed E-state index contributed by atoms with van der Waals surface area (Å²) in [5, 5.41) is 1.44. The van der Waals surface area contributed by atoms with E-state index in [1.807, 2.05) is 23.5 Å². The first-order chi connectivity index (χ1) is 16.9. The van der Waals surface area contributed by atoms with Gasteiger partial charge in [0.25, 0.3) is 0 Å². The van der Waals surface area contributed by atoms with Gasteiger partial charge in [0.2, 0.25) is 6.71 Å². The van der Waals surface area contributed by atoms with E-state index in [9.17, 15) is 0 Å². The van der Waals surface area contributed by atoms with Crippen LogP contribution in [0.3, 0.4) is 0 Å². The zero-order valence-corrected chi connectivity index (χ0v) is 20.4. The molecule has 0 N–H and O–H groups in total. The molecule has 2 aliphatic heterocycles. The standard InChI is InChI=1S/C30H22BNS2/c1-5-13-24-20(9-1)21-10-2-6-14-25(21)32(24)19-17-28-30-29(18-19)34-27-16-8-4-12-23(27)31(30)22-11-3-7-15-26(22)33-28/h1,3-5,7-9,11-13,15-18H,2,6,10,14H2. The SMILES string of the molecule is c1ccc2c(c1)Sc1cc(-n3c4c(c5ccccc53)CCCC4)cc3c1B2c1ccccc1S3. The lowest BCUT2D eigenvalue weighted by molar-refractivity contribution is 0.666. The van der Waals surface area contributed by atoms with Crippen LogP contribution in [0.15, 0.2) is 105 Å². The molecule has 3 aliphatic rings. The van der Waals surface area contributed by atoms with Crippen LogP contribution in [0.2, 0.25) is 0 Å². The summed E-state index contributed by atoms with van der Waals surface area (Å²) in [6.45, 7) is 0.323. The van der Waals surface area contributed by atoms with E-state index in [4.69, 9.17) is 0 Å². The Hall–Kier alpha value is -2.82. The molecule has 5 aromatic rings. The second-order valence-corrected chi connectivity index (χ2v) is 11.7. The third-order valence-corrected chi connectivity index (χ3v) is 10.0. The van der Waals surface area contributed by atoms with E-state index in [0.29, 0.717) is 6.71 Å². The molecule has 1 aromatic heterocycles. The summed E-state index contributed by atoms with van der Waals surface area (Å²) in [6, 6.07) is 32.0. The zero-order chi connectivity index (χ0) is 22.2. The average molecular weight is 471 g/mol. The van der Waals surface area contributed by atoms with E-state index in [2.05, 4.69) is 89.5 Å². The highest BCUT2D eigenvalue weighted by Crippen LogP contribution is 2.41. The van der Waals surface area contributed by atoms with E-state index >= 15 is 0 Å². The minimum absolute atomic E-state index is 0.323. The molecule has 4 aromatic carbocycles. The van der Waals surface area contributed by atoms with Gasteiger partial charge in [-0.1, -0.05) is 89.0 Å². The highest BCUT2D eigenvalue weighted by molar-refractivity contribution is 8.01. The Morgan fingerprint density at radius 2 is 1.26 bits per heavy atom. The van der Waals surface area contributed by atoms with Gasteiger partial charge >= 0.3 is 0 Å². The van der Waals surface area contributed by atoms with Crippen molar-refractivity contribution in [1.82, 2.24) is 4.57 Å². The summed E-state index contributed by atoms with van der Waals surface area (Å²) in [4.78, 5) is 5.62. The molecule has 162 valence electrons. The number of fused-ring (bicyclic) bond motifs is 7. The molecule has 0 saturated carbocycles. The number of aromatic nitrogens is 1. The molecule has 0 bridgehead atoms. The summed E-state index contributed by atoms with van der Waals surface area (Å²) in [7, 11) is 0. The first-order valence-corrected chi connectivity index (χ1v) is 13.8. The number of aryl methyl sites for hydroxylation is 1. The van der Waals surface area contributed by atoms with Crippen LogP contribution in [0.1, 0.15) is 24.1 Å². The van der Waals surface area contributed by atoms with Crippen molar-refractivity contribution in [3.63, 3.8) is 0 Å². The minimum Gasteiger partial charge on any atom is -0.313 e. The Balaban J connectivity index is 1.42. The van der Waals surface area contributed by atoms with Gasteiger partial charge in [-0.2, -0.15) is 0 Å². The Morgan fingerprint density at radius 3 is 2.00 bits per heavy atom. The third-order valence-electron chi connectivity index (χ3n) is 7.71. The maximum absolute atomic E-state index is 2.58. The number of hydrogen-bond donors (Lipinski definition) is 0. The van der Waals surface area contributed by atoms with Crippen molar-refractivity contribution in [3.05, 3.63) is 96.2 Å². The van der Waals surface area contributed by atoms with Crippen LogP contribution in [-0.4, -0.2) is 11.3 Å². The molecule has 0 saturated heterocycles. The molecule has 8 rings (SSSR count).